The van der Waals surface area contributed by atoms with Crippen molar-refractivity contribution in [3.63, 3.8) is 0 Å². The van der Waals surface area contributed by atoms with Crippen molar-refractivity contribution in [3.8, 4) is 0 Å². The smallest absolute Gasteiger partial charge is 0.234 e. The fraction of sp³-hybridized carbons (Fsp3) is 0.700. The average Bonchev–Trinajstić information content (AvgIpc) is 2.68. The van der Waals surface area contributed by atoms with Crippen molar-refractivity contribution in [1.82, 2.24) is 19.8 Å². The molecular formula is C10H13N5S. The molecule has 0 aliphatic heterocycles. The van der Waals surface area contributed by atoms with E-state index in [2.05, 4.69) is 15.3 Å². The largest absolute Gasteiger partial charge is 0.319 e. The minimum Gasteiger partial charge on any atom is -0.319 e. The van der Waals surface area contributed by atoms with Crippen LogP contribution in [-0.2, 0) is 5.54 Å². The Morgan fingerprint density at radius 2 is 2.12 bits per heavy atom. The number of nitrogens with two attached hydrogens (primary N) is 1. The van der Waals surface area contributed by atoms with E-state index in [0.717, 1.165) is 28.6 Å². The molecule has 0 radical (unpaired) electrons. The summed E-state index contributed by atoms with van der Waals surface area (Å²) in [6.07, 6.45) is 5.85. The maximum atomic E-state index is 6.15. The second-order valence-corrected chi connectivity index (χ2v) is 5.90. The van der Waals surface area contributed by atoms with Crippen LogP contribution in [0.1, 0.15) is 48.9 Å². The van der Waals surface area contributed by atoms with Crippen molar-refractivity contribution < 1.29 is 0 Å². The van der Waals surface area contributed by atoms with Crippen molar-refractivity contribution in [2.24, 2.45) is 5.73 Å². The Morgan fingerprint density at radius 3 is 2.75 bits per heavy atom. The first-order valence-electron chi connectivity index (χ1n) is 5.78. The molecule has 2 aromatic rings. The highest BCUT2D eigenvalue weighted by Crippen LogP contribution is 2.44. The zero-order valence-electron chi connectivity index (χ0n) is 8.89. The molecule has 0 saturated heterocycles. The van der Waals surface area contributed by atoms with E-state index in [-0.39, 0.29) is 5.54 Å². The Labute approximate surface area is 96.7 Å². The van der Waals surface area contributed by atoms with Gasteiger partial charge in [0.15, 0.2) is 5.82 Å². The molecule has 6 heteroatoms. The molecule has 2 N–H and O–H groups in total. The minimum absolute atomic E-state index is 0.151. The van der Waals surface area contributed by atoms with E-state index < -0.39 is 0 Å². The highest BCUT2D eigenvalue weighted by molar-refractivity contribution is 7.16. The second-order valence-electron chi connectivity index (χ2n) is 4.94. The molecule has 0 amide bonds. The van der Waals surface area contributed by atoms with Crippen LogP contribution in [-0.4, -0.2) is 19.8 Å². The molecule has 2 aliphatic carbocycles. The molecule has 0 atom stereocenters. The maximum Gasteiger partial charge on any atom is 0.234 e. The lowest BCUT2D eigenvalue weighted by Crippen LogP contribution is -2.19. The van der Waals surface area contributed by atoms with Crippen LogP contribution in [0.15, 0.2) is 0 Å². The van der Waals surface area contributed by atoms with E-state index in [4.69, 9.17) is 5.73 Å². The third kappa shape index (κ3) is 1.11. The fourth-order valence-corrected chi connectivity index (χ4v) is 3.11. The SMILES string of the molecule is NC1(c2nn3c(C4CCC4)nnc3s2)CC1. The predicted octanol–water partition coefficient (Wildman–Crippen LogP) is 1.40. The zero-order valence-corrected chi connectivity index (χ0v) is 9.70. The van der Waals surface area contributed by atoms with E-state index in [1.807, 2.05) is 4.52 Å². The minimum atomic E-state index is -0.151. The van der Waals surface area contributed by atoms with Gasteiger partial charge in [0, 0.05) is 5.92 Å². The van der Waals surface area contributed by atoms with Crippen LogP contribution < -0.4 is 5.73 Å². The van der Waals surface area contributed by atoms with Gasteiger partial charge in [0.25, 0.3) is 0 Å². The summed E-state index contributed by atoms with van der Waals surface area (Å²) in [5, 5.41) is 14.1. The van der Waals surface area contributed by atoms with Gasteiger partial charge in [-0.25, -0.2) is 0 Å². The molecule has 0 aromatic carbocycles. The molecule has 2 aromatic heterocycles. The zero-order chi connectivity index (χ0) is 10.8. The van der Waals surface area contributed by atoms with Crippen LogP contribution >= 0.6 is 11.3 Å². The molecule has 0 bridgehead atoms. The number of rotatable bonds is 2. The van der Waals surface area contributed by atoms with Crippen LogP contribution in [0.5, 0.6) is 0 Å². The topological polar surface area (TPSA) is 69.1 Å². The van der Waals surface area contributed by atoms with Crippen molar-refractivity contribution in [2.45, 2.75) is 43.6 Å². The first-order valence-corrected chi connectivity index (χ1v) is 6.59. The molecule has 84 valence electrons. The molecule has 0 unspecified atom stereocenters. The van der Waals surface area contributed by atoms with Gasteiger partial charge in [-0.05, 0) is 25.7 Å². The first-order chi connectivity index (χ1) is 7.76. The van der Waals surface area contributed by atoms with E-state index in [1.54, 1.807) is 11.3 Å². The summed E-state index contributed by atoms with van der Waals surface area (Å²) in [6, 6.07) is 0. The average molecular weight is 235 g/mol. The Bertz CT molecular complexity index is 549. The summed E-state index contributed by atoms with van der Waals surface area (Å²) in [4.78, 5) is 0.897. The van der Waals surface area contributed by atoms with Crippen molar-refractivity contribution in [2.75, 3.05) is 0 Å². The lowest BCUT2D eigenvalue weighted by atomic mass is 9.85. The van der Waals surface area contributed by atoms with Gasteiger partial charge in [-0.15, -0.1) is 10.2 Å². The number of nitrogens with zero attached hydrogens (tertiary/aromatic N) is 4. The van der Waals surface area contributed by atoms with Crippen LogP contribution in [0.25, 0.3) is 4.96 Å². The van der Waals surface area contributed by atoms with Crippen molar-refractivity contribution in [3.05, 3.63) is 10.8 Å². The van der Waals surface area contributed by atoms with Crippen LogP contribution in [0.2, 0.25) is 0 Å². The number of hydrogen-bond donors (Lipinski definition) is 1. The molecule has 2 aliphatic rings. The monoisotopic (exact) mass is 235 g/mol. The summed E-state index contributed by atoms with van der Waals surface area (Å²) in [7, 11) is 0. The van der Waals surface area contributed by atoms with Gasteiger partial charge in [-0.3, -0.25) is 0 Å². The Kier molecular flexibility index (Phi) is 1.59. The van der Waals surface area contributed by atoms with Crippen LogP contribution in [0, 0.1) is 0 Å². The molecule has 4 rings (SSSR count). The Morgan fingerprint density at radius 1 is 1.31 bits per heavy atom. The number of aromatic nitrogens is 4. The van der Waals surface area contributed by atoms with Gasteiger partial charge in [-0.2, -0.15) is 9.61 Å². The number of fused-ring (bicyclic) bond motifs is 1. The standard InChI is InChI=1S/C10H13N5S/c11-10(4-5-10)8-14-15-7(6-2-1-3-6)12-13-9(15)16-8/h6H,1-5,11H2. The molecule has 2 heterocycles. The van der Waals surface area contributed by atoms with E-state index in [0.29, 0.717) is 5.92 Å². The van der Waals surface area contributed by atoms with E-state index >= 15 is 0 Å². The summed E-state index contributed by atoms with van der Waals surface area (Å²) in [5.74, 6) is 1.60. The van der Waals surface area contributed by atoms with Crippen LogP contribution in [0.3, 0.4) is 0 Å². The normalized spacial score (nSPS) is 23.6. The highest BCUT2D eigenvalue weighted by Gasteiger charge is 2.44. The highest BCUT2D eigenvalue weighted by atomic mass is 32.1. The quantitative estimate of drug-likeness (QED) is 0.854. The fourth-order valence-electron chi connectivity index (χ4n) is 2.10. The molecule has 2 saturated carbocycles. The second kappa shape index (κ2) is 2.81. The van der Waals surface area contributed by atoms with Crippen molar-refractivity contribution >= 4 is 16.3 Å². The lowest BCUT2D eigenvalue weighted by molar-refractivity contribution is 0.394. The van der Waals surface area contributed by atoms with Gasteiger partial charge in [-0.1, -0.05) is 17.8 Å². The van der Waals surface area contributed by atoms with Crippen LogP contribution in [0.4, 0.5) is 0 Å². The molecule has 0 spiro atoms. The van der Waals surface area contributed by atoms with Gasteiger partial charge < -0.3 is 5.73 Å². The molecule has 5 nitrogen and oxygen atoms in total. The van der Waals surface area contributed by atoms with E-state index in [9.17, 15) is 0 Å². The lowest BCUT2D eigenvalue weighted by Gasteiger charge is -2.22. The predicted molar refractivity (Wildman–Crippen MR) is 60.4 cm³/mol. The summed E-state index contributed by atoms with van der Waals surface area (Å²) >= 11 is 1.59. The maximum absolute atomic E-state index is 6.15. The van der Waals surface area contributed by atoms with Gasteiger partial charge in [0.1, 0.15) is 5.01 Å². The van der Waals surface area contributed by atoms with Gasteiger partial charge in [0.2, 0.25) is 4.96 Å². The molecular weight excluding hydrogens is 222 g/mol. The Balaban J connectivity index is 1.83. The third-order valence-electron chi connectivity index (χ3n) is 3.70. The summed E-state index contributed by atoms with van der Waals surface area (Å²) in [5.41, 5.74) is 6.00. The third-order valence-corrected chi connectivity index (χ3v) is 4.82. The molecule has 2 fully saturated rings. The van der Waals surface area contributed by atoms with Crippen molar-refractivity contribution in [1.29, 1.82) is 0 Å². The summed E-state index contributed by atoms with van der Waals surface area (Å²) in [6.45, 7) is 0. The van der Waals surface area contributed by atoms with Gasteiger partial charge in [0.05, 0.1) is 5.54 Å². The van der Waals surface area contributed by atoms with Gasteiger partial charge >= 0.3 is 0 Å². The first kappa shape index (κ1) is 9.07. The summed E-state index contributed by atoms with van der Waals surface area (Å²) < 4.78 is 1.91. The Hall–Kier alpha value is -1.01. The molecule has 16 heavy (non-hydrogen) atoms. The number of hydrogen-bond acceptors (Lipinski definition) is 5. The van der Waals surface area contributed by atoms with E-state index in [1.165, 1.54) is 19.3 Å².